The van der Waals surface area contributed by atoms with Gasteiger partial charge in [-0.3, -0.25) is 0 Å². The third kappa shape index (κ3) is 2.44. The van der Waals surface area contributed by atoms with Crippen LogP contribution in [-0.2, 0) is 0 Å². The van der Waals surface area contributed by atoms with E-state index in [1.54, 1.807) is 22.6 Å². The summed E-state index contributed by atoms with van der Waals surface area (Å²) in [5.74, 6) is 1.63. The fourth-order valence-corrected chi connectivity index (χ4v) is 4.29. The van der Waals surface area contributed by atoms with Crippen LogP contribution in [0, 0.1) is 5.92 Å². The van der Waals surface area contributed by atoms with Gasteiger partial charge in [0.15, 0.2) is 0 Å². The molecule has 0 saturated heterocycles. The molecule has 0 aromatic rings. The first-order chi connectivity index (χ1) is 6.97. The molecule has 0 spiro atoms. The van der Waals surface area contributed by atoms with E-state index in [0.717, 1.165) is 0 Å². The van der Waals surface area contributed by atoms with Crippen molar-refractivity contribution in [3.8, 4) is 0 Å². The highest BCUT2D eigenvalue weighted by molar-refractivity contribution is 6.76. The largest absolute Gasteiger partial charge is 0.0693 e. The van der Waals surface area contributed by atoms with Gasteiger partial charge in [-0.05, 0) is 37.3 Å². The average molecular weight is 219 g/mol. The zero-order valence-corrected chi connectivity index (χ0v) is 11.6. The van der Waals surface area contributed by atoms with E-state index in [4.69, 9.17) is 0 Å². The SMILES string of the molecule is C[C]1C(C[Si](C)(C)C)=CC2=C1CCCC2. The van der Waals surface area contributed by atoms with Crippen LogP contribution in [0.1, 0.15) is 32.6 Å². The summed E-state index contributed by atoms with van der Waals surface area (Å²) in [5.41, 5.74) is 5.04. The Hall–Kier alpha value is -0.303. The van der Waals surface area contributed by atoms with E-state index in [2.05, 4.69) is 32.6 Å². The molecule has 0 nitrogen and oxygen atoms in total. The van der Waals surface area contributed by atoms with Crippen molar-refractivity contribution in [3.63, 3.8) is 0 Å². The molecule has 0 fully saturated rings. The second-order valence-electron chi connectivity index (χ2n) is 6.24. The standard InChI is InChI=1S/C14H23Si/c1-11-13(10-15(2,3)4)9-12-7-5-6-8-14(11)12/h9H,5-8,10H2,1-4H3. The third-order valence-corrected chi connectivity index (χ3v) is 4.96. The molecule has 0 aliphatic heterocycles. The van der Waals surface area contributed by atoms with E-state index < -0.39 is 8.07 Å². The molecule has 2 rings (SSSR count). The van der Waals surface area contributed by atoms with Crippen LogP contribution in [0.5, 0.6) is 0 Å². The minimum Gasteiger partial charge on any atom is -0.0693 e. The molecule has 15 heavy (non-hydrogen) atoms. The van der Waals surface area contributed by atoms with E-state index in [0.29, 0.717) is 0 Å². The summed E-state index contributed by atoms with van der Waals surface area (Å²) in [6.45, 7) is 9.76. The Morgan fingerprint density at radius 1 is 1.13 bits per heavy atom. The minimum atomic E-state index is -0.944. The predicted octanol–water partition coefficient (Wildman–Crippen LogP) is 4.73. The van der Waals surface area contributed by atoms with Crippen LogP contribution in [0.4, 0.5) is 0 Å². The van der Waals surface area contributed by atoms with Crippen LogP contribution in [0.15, 0.2) is 22.8 Å². The molecule has 0 bridgehead atoms. The zero-order chi connectivity index (χ0) is 11.1. The van der Waals surface area contributed by atoms with Gasteiger partial charge in [0, 0.05) is 14.0 Å². The second kappa shape index (κ2) is 3.93. The van der Waals surface area contributed by atoms with Crippen molar-refractivity contribution in [3.05, 3.63) is 28.7 Å². The molecule has 2 aliphatic carbocycles. The molecular formula is C14H23Si. The molecule has 0 heterocycles. The quantitative estimate of drug-likeness (QED) is 0.589. The Morgan fingerprint density at radius 2 is 1.80 bits per heavy atom. The summed E-state index contributed by atoms with van der Waals surface area (Å²) in [4.78, 5) is 0. The number of allylic oxidation sites excluding steroid dienone is 4. The molecule has 0 atom stereocenters. The first-order valence-electron chi connectivity index (χ1n) is 6.24. The van der Waals surface area contributed by atoms with Crippen molar-refractivity contribution < 1.29 is 0 Å². The third-order valence-electron chi connectivity index (χ3n) is 3.51. The van der Waals surface area contributed by atoms with E-state index >= 15 is 0 Å². The van der Waals surface area contributed by atoms with Crippen LogP contribution >= 0.6 is 0 Å². The van der Waals surface area contributed by atoms with Crippen LogP contribution in [0.3, 0.4) is 0 Å². The van der Waals surface area contributed by atoms with Crippen LogP contribution in [0.2, 0.25) is 25.7 Å². The van der Waals surface area contributed by atoms with Crippen LogP contribution < -0.4 is 0 Å². The van der Waals surface area contributed by atoms with Gasteiger partial charge in [-0.2, -0.15) is 0 Å². The van der Waals surface area contributed by atoms with Gasteiger partial charge >= 0.3 is 0 Å². The highest BCUT2D eigenvalue weighted by Crippen LogP contribution is 2.43. The van der Waals surface area contributed by atoms with E-state index in [1.807, 2.05) is 0 Å². The van der Waals surface area contributed by atoms with E-state index in [1.165, 1.54) is 31.7 Å². The van der Waals surface area contributed by atoms with Gasteiger partial charge in [0.25, 0.3) is 0 Å². The summed E-state index contributed by atoms with van der Waals surface area (Å²) < 4.78 is 0. The normalized spacial score (nSPS) is 23.1. The summed E-state index contributed by atoms with van der Waals surface area (Å²) >= 11 is 0. The average Bonchev–Trinajstić information content (AvgIpc) is 2.42. The molecule has 0 amide bonds. The second-order valence-corrected chi connectivity index (χ2v) is 11.7. The van der Waals surface area contributed by atoms with Crippen molar-refractivity contribution in [2.75, 3.05) is 0 Å². The summed E-state index contributed by atoms with van der Waals surface area (Å²) in [6, 6.07) is 1.37. The smallest absolute Gasteiger partial charge is 0.0483 e. The van der Waals surface area contributed by atoms with Gasteiger partial charge in [-0.1, -0.05) is 43.8 Å². The Balaban J connectivity index is 2.13. The molecule has 2 aliphatic rings. The lowest BCUT2D eigenvalue weighted by molar-refractivity contribution is 0.685. The highest BCUT2D eigenvalue weighted by atomic mass is 28.3. The molecule has 0 saturated carbocycles. The van der Waals surface area contributed by atoms with Gasteiger partial charge in [-0.15, -0.1) is 0 Å². The maximum Gasteiger partial charge on any atom is 0.0483 e. The van der Waals surface area contributed by atoms with Crippen molar-refractivity contribution in [2.24, 2.45) is 0 Å². The summed E-state index contributed by atoms with van der Waals surface area (Å²) in [7, 11) is -0.944. The van der Waals surface area contributed by atoms with Crippen LogP contribution in [-0.4, -0.2) is 8.07 Å². The zero-order valence-electron chi connectivity index (χ0n) is 10.6. The Labute approximate surface area is 95.5 Å². The Morgan fingerprint density at radius 3 is 2.40 bits per heavy atom. The topological polar surface area (TPSA) is 0 Å². The molecule has 0 N–H and O–H groups in total. The molecule has 0 aromatic carbocycles. The molecule has 1 heteroatoms. The fourth-order valence-electron chi connectivity index (χ4n) is 2.78. The van der Waals surface area contributed by atoms with Crippen LogP contribution in [0.25, 0.3) is 0 Å². The van der Waals surface area contributed by atoms with E-state index in [9.17, 15) is 0 Å². The maximum atomic E-state index is 2.52. The molecule has 0 aromatic heterocycles. The van der Waals surface area contributed by atoms with Crippen molar-refractivity contribution in [2.45, 2.75) is 58.3 Å². The Bertz CT molecular complexity index is 315. The number of hydrogen-bond acceptors (Lipinski definition) is 0. The summed E-state index contributed by atoms with van der Waals surface area (Å²) in [6.07, 6.45) is 8.00. The molecule has 1 radical (unpaired) electrons. The van der Waals surface area contributed by atoms with Gasteiger partial charge in [0.05, 0.1) is 0 Å². The first kappa shape index (κ1) is 11.2. The number of rotatable bonds is 2. The summed E-state index contributed by atoms with van der Waals surface area (Å²) in [5, 5.41) is 0. The van der Waals surface area contributed by atoms with Gasteiger partial charge in [0.1, 0.15) is 0 Å². The monoisotopic (exact) mass is 219 g/mol. The predicted molar refractivity (Wildman–Crippen MR) is 70.6 cm³/mol. The van der Waals surface area contributed by atoms with Crippen molar-refractivity contribution >= 4 is 8.07 Å². The minimum absolute atomic E-state index is 0.944. The van der Waals surface area contributed by atoms with Gasteiger partial charge in [-0.25, -0.2) is 0 Å². The maximum absolute atomic E-state index is 2.52. The lowest BCUT2D eigenvalue weighted by Gasteiger charge is -2.22. The van der Waals surface area contributed by atoms with E-state index in [-0.39, 0.29) is 0 Å². The van der Waals surface area contributed by atoms with Gasteiger partial charge < -0.3 is 0 Å². The highest BCUT2D eigenvalue weighted by Gasteiger charge is 2.28. The molecular weight excluding hydrogens is 196 g/mol. The first-order valence-corrected chi connectivity index (χ1v) is 9.95. The number of hydrogen-bond donors (Lipinski definition) is 0. The molecule has 83 valence electrons. The lowest BCUT2D eigenvalue weighted by atomic mass is 9.88. The lowest BCUT2D eigenvalue weighted by Crippen LogP contribution is -2.21. The van der Waals surface area contributed by atoms with Crippen molar-refractivity contribution in [1.82, 2.24) is 0 Å². The van der Waals surface area contributed by atoms with Gasteiger partial charge in [0.2, 0.25) is 0 Å². The van der Waals surface area contributed by atoms with Crippen molar-refractivity contribution in [1.29, 1.82) is 0 Å². The Kier molecular flexibility index (Phi) is 2.93. The fraction of sp³-hybridized carbons (Fsp3) is 0.643. The molecule has 0 unspecified atom stereocenters.